The third kappa shape index (κ3) is 4.55. The van der Waals surface area contributed by atoms with Gasteiger partial charge in [-0.1, -0.05) is 24.3 Å². The molecule has 0 aromatic heterocycles. The number of piperidine rings is 1. The van der Waals surface area contributed by atoms with Crippen LogP contribution in [0.5, 0.6) is 0 Å². The molecule has 6 heteroatoms. The first kappa shape index (κ1) is 21.2. The zero-order valence-corrected chi connectivity index (χ0v) is 18.4. The van der Waals surface area contributed by atoms with E-state index in [1.807, 2.05) is 25.7 Å². The number of likely N-dealkylation sites (tertiary alicyclic amines) is 1. The van der Waals surface area contributed by atoms with Crippen LogP contribution < -0.4 is 5.46 Å². The lowest BCUT2D eigenvalue weighted by molar-refractivity contribution is 0.00578. The molecular weight excluding hydrogens is 353 g/mol. The Morgan fingerprint density at radius 2 is 1.82 bits per heavy atom. The van der Waals surface area contributed by atoms with Crippen LogP contribution in [-0.4, -0.2) is 48.0 Å². The summed E-state index contributed by atoms with van der Waals surface area (Å²) < 4.78 is 18.0. The van der Waals surface area contributed by atoms with Gasteiger partial charge in [0.1, 0.15) is 5.60 Å². The van der Waals surface area contributed by atoms with Gasteiger partial charge in [0.15, 0.2) is 0 Å². The predicted molar refractivity (Wildman–Crippen MR) is 112 cm³/mol. The minimum absolute atomic E-state index is 0.223. The molecule has 2 heterocycles. The average Bonchev–Trinajstić information content (AvgIpc) is 2.81. The summed E-state index contributed by atoms with van der Waals surface area (Å²) in [6, 6.07) is 8.42. The van der Waals surface area contributed by atoms with Crippen LogP contribution in [0.4, 0.5) is 4.79 Å². The van der Waals surface area contributed by atoms with E-state index in [0.29, 0.717) is 12.5 Å². The van der Waals surface area contributed by atoms with Gasteiger partial charge >= 0.3 is 13.2 Å². The Morgan fingerprint density at radius 1 is 1.18 bits per heavy atom. The Hall–Kier alpha value is -1.53. The first-order valence-electron chi connectivity index (χ1n) is 10.3. The van der Waals surface area contributed by atoms with Crippen molar-refractivity contribution in [2.75, 3.05) is 13.1 Å². The lowest BCUT2D eigenvalue weighted by Gasteiger charge is -2.34. The zero-order valence-electron chi connectivity index (χ0n) is 18.4. The first-order chi connectivity index (χ1) is 12.9. The molecule has 1 aromatic carbocycles. The van der Waals surface area contributed by atoms with Gasteiger partial charge in [0, 0.05) is 19.0 Å². The summed E-state index contributed by atoms with van der Waals surface area (Å²) in [6.07, 6.45) is 1.82. The molecule has 0 radical (unpaired) electrons. The quantitative estimate of drug-likeness (QED) is 0.717. The Balaban J connectivity index is 1.73. The molecule has 0 aliphatic carbocycles. The predicted octanol–water partition coefficient (Wildman–Crippen LogP) is 4.10. The third-order valence-electron chi connectivity index (χ3n) is 5.98. The number of carbonyl (C=O) groups is 1. The molecule has 2 fully saturated rings. The molecule has 0 spiro atoms. The van der Waals surface area contributed by atoms with Crippen LogP contribution >= 0.6 is 0 Å². The first-order valence-corrected chi connectivity index (χ1v) is 10.3. The van der Waals surface area contributed by atoms with E-state index in [1.54, 1.807) is 0 Å². The summed E-state index contributed by atoms with van der Waals surface area (Å²) in [5.41, 5.74) is 1.07. The highest BCUT2D eigenvalue weighted by Crippen LogP contribution is 2.37. The van der Waals surface area contributed by atoms with Crippen molar-refractivity contribution in [3.05, 3.63) is 29.8 Å². The highest BCUT2D eigenvalue weighted by atomic mass is 16.7. The van der Waals surface area contributed by atoms with Crippen molar-refractivity contribution in [1.82, 2.24) is 4.90 Å². The normalized spacial score (nSPS) is 24.3. The molecular formula is C22H34BNO4. The molecule has 28 heavy (non-hydrogen) atoms. The molecule has 154 valence electrons. The van der Waals surface area contributed by atoms with E-state index in [4.69, 9.17) is 14.0 Å². The van der Waals surface area contributed by atoms with Crippen LogP contribution in [0.25, 0.3) is 0 Å². The van der Waals surface area contributed by atoms with Gasteiger partial charge in [0.2, 0.25) is 0 Å². The summed E-state index contributed by atoms with van der Waals surface area (Å²) in [6.45, 7) is 15.4. The van der Waals surface area contributed by atoms with Crippen molar-refractivity contribution >= 4 is 18.7 Å². The monoisotopic (exact) mass is 387 g/mol. The van der Waals surface area contributed by atoms with E-state index in [-0.39, 0.29) is 24.4 Å². The second kappa shape index (κ2) is 7.38. The molecule has 5 nitrogen and oxygen atoms in total. The number of benzene rings is 1. The number of nitrogens with zero attached hydrogens (tertiary/aromatic N) is 1. The van der Waals surface area contributed by atoms with Gasteiger partial charge in [0.05, 0.1) is 11.2 Å². The fourth-order valence-electron chi connectivity index (χ4n) is 3.68. The van der Waals surface area contributed by atoms with Gasteiger partial charge < -0.3 is 18.9 Å². The second-order valence-corrected chi connectivity index (χ2v) is 10.0. The van der Waals surface area contributed by atoms with Gasteiger partial charge in [-0.15, -0.1) is 0 Å². The van der Waals surface area contributed by atoms with Crippen LogP contribution in [-0.2, 0) is 14.0 Å². The van der Waals surface area contributed by atoms with Crippen LogP contribution in [0, 0.1) is 0 Å². The maximum Gasteiger partial charge on any atom is 0.494 e. The number of hydrogen-bond acceptors (Lipinski definition) is 4. The lowest BCUT2D eigenvalue weighted by Crippen LogP contribution is -2.42. The number of amides is 1. The largest absolute Gasteiger partial charge is 0.494 e. The summed E-state index contributed by atoms with van der Waals surface area (Å²) in [7, 11) is -0.365. The number of rotatable bonds is 2. The summed E-state index contributed by atoms with van der Waals surface area (Å²) in [5, 5.41) is 0. The van der Waals surface area contributed by atoms with Crippen LogP contribution in [0.1, 0.15) is 72.8 Å². The topological polar surface area (TPSA) is 48.0 Å². The van der Waals surface area contributed by atoms with Gasteiger partial charge in [-0.25, -0.2) is 4.79 Å². The molecule has 0 bridgehead atoms. The van der Waals surface area contributed by atoms with Gasteiger partial charge in [-0.05, 0) is 72.3 Å². The van der Waals surface area contributed by atoms with Gasteiger partial charge in [-0.3, -0.25) is 0 Å². The van der Waals surface area contributed by atoms with E-state index in [0.717, 1.165) is 24.8 Å². The second-order valence-electron chi connectivity index (χ2n) is 10.0. The van der Waals surface area contributed by atoms with E-state index in [9.17, 15) is 4.79 Å². The molecule has 2 saturated heterocycles. The van der Waals surface area contributed by atoms with Crippen molar-refractivity contribution in [3.63, 3.8) is 0 Å². The molecule has 0 N–H and O–H groups in total. The van der Waals surface area contributed by atoms with E-state index < -0.39 is 5.60 Å². The van der Waals surface area contributed by atoms with E-state index in [1.165, 1.54) is 5.56 Å². The Morgan fingerprint density at radius 3 is 2.43 bits per heavy atom. The van der Waals surface area contributed by atoms with Gasteiger partial charge in [-0.2, -0.15) is 0 Å². The molecule has 2 aliphatic rings. The van der Waals surface area contributed by atoms with E-state index in [2.05, 4.69) is 52.0 Å². The van der Waals surface area contributed by atoms with Crippen molar-refractivity contribution in [2.24, 2.45) is 0 Å². The Bertz CT molecular complexity index is 709. The molecule has 1 amide bonds. The van der Waals surface area contributed by atoms with Crippen molar-refractivity contribution in [1.29, 1.82) is 0 Å². The SMILES string of the molecule is CC(C)(C)OC(=O)N1CCC[C@@H](c2cccc(B3OC(C)(C)C(C)(C)O3)c2)C1. The van der Waals surface area contributed by atoms with Crippen molar-refractivity contribution in [2.45, 2.75) is 84.0 Å². The summed E-state index contributed by atoms with van der Waals surface area (Å²) >= 11 is 0. The zero-order chi connectivity index (χ0) is 20.7. The fraction of sp³-hybridized carbons (Fsp3) is 0.682. The minimum atomic E-state index is -0.472. The summed E-state index contributed by atoms with van der Waals surface area (Å²) in [4.78, 5) is 14.3. The lowest BCUT2D eigenvalue weighted by atomic mass is 9.76. The van der Waals surface area contributed by atoms with Crippen molar-refractivity contribution in [3.8, 4) is 0 Å². The Labute approximate surface area is 169 Å². The molecule has 0 saturated carbocycles. The highest BCUT2D eigenvalue weighted by molar-refractivity contribution is 6.62. The minimum Gasteiger partial charge on any atom is -0.444 e. The summed E-state index contributed by atoms with van der Waals surface area (Å²) in [5.74, 6) is 0.295. The van der Waals surface area contributed by atoms with Crippen LogP contribution in [0.2, 0.25) is 0 Å². The maximum atomic E-state index is 12.5. The van der Waals surface area contributed by atoms with Crippen LogP contribution in [0.15, 0.2) is 24.3 Å². The fourth-order valence-corrected chi connectivity index (χ4v) is 3.68. The molecule has 1 aromatic rings. The average molecular weight is 387 g/mol. The molecule has 2 aliphatic heterocycles. The number of carbonyl (C=O) groups excluding carboxylic acids is 1. The molecule has 0 unspecified atom stereocenters. The number of hydrogen-bond donors (Lipinski definition) is 0. The molecule has 3 rings (SSSR count). The molecule has 1 atom stereocenters. The smallest absolute Gasteiger partial charge is 0.444 e. The van der Waals surface area contributed by atoms with Crippen LogP contribution in [0.3, 0.4) is 0 Å². The van der Waals surface area contributed by atoms with Gasteiger partial charge in [0.25, 0.3) is 0 Å². The van der Waals surface area contributed by atoms with Crippen molar-refractivity contribution < 1.29 is 18.8 Å². The number of ether oxygens (including phenoxy) is 1. The maximum absolute atomic E-state index is 12.5. The third-order valence-corrected chi connectivity index (χ3v) is 5.98. The van der Waals surface area contributed by atoms with E-state index >= 15 is 0 Å². The highest BCUT2D eigenvalue weighted by Gasteiger charge is 2.51. The Kier molecular flexibility index (Phi) is 5.58. The standard InChI is InChI=1S/C22H34BNO4/c1-20(2,3)26-19(25)24-13-9-11-17(15-24)16-10-8-12-18(14-16)23-27-21(4,5)22(6,7)28-23/h8,10,12,14,17H,9,11,13,15H2,1-7H3/t17-/m1/s1.